The summed E-state index contributed by atoms with van der Waals surface area (Å²) in [6.07, 6.45) is 2.64. The van der Waals surface area contributed by atoms with Crippen molar-refractivity contribution in [2.75, 3.05) is 13.6 Å². The standard InChI is InChI=1S/C9H13NS/c1-10-4-7-2-3-8-5-11-6-9(7)8/h5-7,10H,2-4H2,1H3. The SMILES string of the molecule is CNCC1CCc2cscc21. The molecule has 11 heavy (non-hydrogen) atoms. The van der Waals surface area contributed by atoms with Crippen LogP contribution in [0.1, 0.15) is 23.5 Å². The number of aryl methyl sites for hydroxylation is 1. The first-order valence-corrected chi connectivity index (χ1v) is 5.05. The van der Waals surface area contributed by atoms with E-state index in [2.05, 4.69) is 16.1 Å². The summed E-state index contributed by atoms with van der Waals surface area (Å²) in [7, 11) is 2.03. The molecule has 1 aliphatic rings. The Morgan fingerprint density at radius 3 is 3.36 bits per heavy atom. The highest BCUT2D eigenvalue weighted by atomic mass is 32.1. The van der Waals surface area contributed by atoms with Crippen molar-refractivity contribution >= 4 is 11.3 Å². The van der Waals surface area contributed by atoms with Gasteiger partial charge in [0.1, 0.15) is 0 Å². The van der Waals surface area contributed by atoms with Crippen LogP contribution in [0.2, 0.25) is 0 Å². The molecular formula is C9H13NS. The maximum absolute atomic E-state index is 3.24. The van der Waals surface area contributed by atoms with Crippen LogP contribution in [0.15, 0.2) is 10.8 Å². The Morgan fingerprint density at radius 2 is 2.55 bits per heavy atom. The van der Waals surface area contributed by atoms with Gasteiger partial charge in [0.05, 0.1) is 0 Å². The zero-order valence-corrected chi connectivity index (χ0v) is 7.58. The van der Waals surface area contributed by atoms with E-state index < -0.39 is 0 Å². The molecule has 2 heteroatoms. The molecule has 0 saturated heterocycles. The third-order valence-electron chi connectivity index (χ3n) is 2.43. The lowest BCUT2D eigenvalue weighted by molar-refractivity contribution is 0.624. The molecule has 0 aliphatic heterocycles. The van der Waals surface area contributed by atoms with Crippen LogP contribution in [-0.4, -0.2) is 13.6 Å². The molecule has 0 aromatic carbocycles. The number of likely N-dealkylation sites (N-methyl/N-ethyl adjacent to an activating group) is 1. The maximum Gasteiger partial charge on any atom is 0.00176 e. The number of rotatable bonds is 2. The topological polar surface area (TPSA) is 12.0 Å². The van der Waals surface area contributed by atoms with Crippen molar-refractivity contribution in [2.45, 2.75) is 18.8 Å². The molecule has 1 atom stereocenters. The smallest absolute Gasteiger partial charge is 0.00176 e. The molecule has 0 saturated carbocycles. The van der Waals surface area contributed by atoms with Crippen LogP contribution in [0.4, 0.5) is 0 Å². The molecule has 1 aromatic heterocycles. The Hall–Kier alpha value is -0.340. The van der Waals surface area contributed by atoms with Crippen molar-refractivity contribution < 1.29 is 0 Å². The first-order chi connectivity index (χ1) is 5.42. The van der Waals surface area contributed by atoms with Gasteiger partial charge in [0.15, 0.2) is 0 Å². The van der Waals surface area contributed by atoms with Gasteiger partial charge in [0.2, 0.25) is 0 Å². The fourth-order valence-corrected chi connectivity index (χ4v) is 2.82. The molecule has 1 aliphatic carbocycles. The zero-order chi connectivity index (χ0) is 7.68. The lowest BCUT2D eigenvalue weighted by Crippen LogP contribution is -2.14. The van der Waals surface area contributed by atoms with Crippen molar-refractivity contribution in [3.05, 3.63) is 21.9 Å². The van der Waals surface area contributed by atoms with Gasteiger partial charge >= 0.3 is 0 Å². The monoisotopic (exact) mass is 167 g/mol. The van der Waals surface area contributed by atoms with Gasteiger partial charge in [-0.15, -0.1) is 0 Å². The van der Waals surface area contributed by atoms with E-state index in [1.165, 1.54) is 12.8 Å². The predicted octanol–water partition coefficient (Wildman–Crippen LogP) is 2.00. The second kappa shape index (κ2) is 2.95. The van der Waals surface area contributed by atoms with E-state index >= 15 is 0 Å². The van der Waals surface area contributed by atoms with E-state index in [4.69, 9.17) is 0 Å². The van der Waals surface area contributed by atoms with E-state index in [0.717, 1.165) is 12.5 Å². The number of hydrogen-bond acceptors (Lipinski definition) is 2. The van der Waals surface area contributed by atoms with Crippen molar-refractivity contribution in [3.63, 3.8) is 0 Å². The number of nitrogens with one attached hydrogen (secondary N) is 1. The quantitative estimate of drug-likeness (QED) is 0.710. The van der Waals surface area contributed by atoms with Gasteiger partial charge in [0, 0.05) is 6.54 Å². The van der Waals surface area contributed by atoms with E-state index in [1.807, 2.05) is 18.4 Å². The summed E-state index contributed by atoms with van der Waals surface area (Å²) < 4.78 is 0. The second-order valence-corrected chi connectivity index (χ2v) is 3.89. The fraction of sp³-hybridized carbons (Fsp3) is 0.556. The van der Waals surface area contributed by atoms with Crippen LogP contribution < -0.4 is 5.32 Å². The largest absolute Gasteiger partial charge is 0.319 e. The molecule has 2 rings (SSSR count). The molecule has 60 valence electrons. The summed E-state index contributed by atoms with van der Waals surface area (Å²) in [4.78, 5) is 0. The van der Waals surface area contributed by atoms with Crippen LogP contribution in [0.3, 0.4) is 0 Å². The first kappa shape index (κ1) is 7.32. The summed E-state index contributed by atoms with van der Waals surface area (Å²) in [5, 5.41) is 7.85. The van der Waals surface area contributed by atoms with Crippen LogP contribution in [0, 0.1) is 0 Å². The molecule has 1 heterocycles. The Balaban J connectivity index is 2.18. The van der Waals surface area contributed by atoms with Gasteiger partial charge in [-0.2, -0.15) is 11.3 Å². The molecular weight excluding hydrogens is 154 g/mol. The summed E-state index contributed by atoms with van der Waals surface area (Å²) in [6.45, 7) is 1.14. The molecule has 1 nitrogen and oxygen atoms in total. The molecule has 1 N–H and O–H groups in total. The summed E-state index contributed by atoms with van der Waals surface area (Å²) >= 11 is 1.84. The number of thiophene rings is 1. The van der Waals surface area contributed by atoms with Crippen molar-refractivity contribution in [2.24, 2.45) is 0 Å². The minimum Gasteiger partial charge on any atom is -0.319 e. The fourth-order valence-electron chi connectivity index (χ4n) is 1.84. The van der Waals surface area contributed by atoms with Gasteiger partial charge < -0.3 is 5.32 Å². The highest BCUT2D eigenvalue weighted by Gasteiger charge is 2.21. The minimum atomic E-state index is 0.793. The molecule has 1 unspecified atom stereocenters. The summed E-state index contributed by atoms with van der Waals surface area (Å²) in [6, 6.07) is 0. The van der Waals surface area contributed by atoms with Gasteiger partial charge in [0.25, 0.3) is 0 Å². The zero-order valence-electron chi connectivity index (χ0n) is 6.76. The van der Waals surface area contributed by atoms with Crippen LogP contribution >= 0.6 is 11.3 Å². The normalized spacial score (nSPS) is 22.1. The van der Waals surface area contributed by atoms with Crippen molar-refractivity contribution in [1.82, 2.24) is 5.32 Å². The Labute approximate surface area is 71.4 Å². The third-order valence-corrected chi connectivity index (χ3v) is 3.24. The van der Waals surface area contributed by atoms with Crippen LogP contribution in [0.5, 0.6) is 0 Å². The lowest BCUT2D eigenvalue weighted by atomic mass is 10.1. The Morgan fingerprint density at radius 1 is 1.64 bits per heavy atom. The third kappa shape index (κ3) is 1.21. The average molecular weight is 167 g/mol. The molecule has 1 aromatic rings. The highest BCUT2D eigenvalue weighted by Crippen LogP contribution is 2.34. The van der Waals surface area contributed by atoms with Gasteiger partial charge in [-0.1, -0.05) is 0 Å². The van der Waals surface area contributed by atoms with Gasteiger partial charge in [-0.05, 0) is 47.7 Å². The van der Waals surface area contributed by atoms with E-state index in [1.54, 1.807) is 11.1 Å². The number of hydrogen-bond donors (Lipinski definition) is 1. The minimum absolute atomic E-state index is 0.793. The van der Waals surface area contributed by atoms with E-state index in [-0.39, 0.29) is 0 Å². The second-order valence-electron chi connectivity index (χ2n) is 3.15. The lowest BCUT2D eigenvalue weighted by Gasteiger charge is -2.07. The van der Waals surface area contributed by atoms with Crippen LogP contribution in [-0.2, 0) is 6.42 Å². The number of fused-ring (bicyclic) bond motifs is 1. The molecule has 0 amide bonds. The molecule has 0 radical (unpaired) electrons. The average Bonchev–Trinajstić information content (AvgIpc) is 2.53. The predicted molar refractivity (Wildman–Crippen MR) is 49.3 cm³/mol. The molecule has 0 spiro atoms. The summed E-state index contributed by atoms with van der Waals surface area (Å²) in [5.74, 6) is 0.793. The summed E-state index contributed by atoms with van der Waals surface area (Å²) in [5.41, 5.74) is 3.19. The van der Waals surface area contributed by atoms with E-state index in [0.29, 0.717) is 0 Å². The Kier molecular flexibility index (Phi) is 1.96. The van der Waals surface area contributed by atoms with Crippen molar-refractivity contribution in [1.29, 1.82) is 0 Å². The maximum atomic E-state index is 3.24. The Bertz CT molecular complexity index is 241. The van der Waals surface area contributed by atoms with Crippen LogP contribution in [0.25, 0.3) is 0 Å². The van der Waals surface area contributed by atoms with Crippen molar-refractivity contribution in [3.8, 4) is 0 Å². The molecule has 0 bridgehead atoms. The van der Waals surface area contributed by atoms with Gasteiger partial charge in [-0.3, -0.25) is 0 Å². The van der Waals surface area contributed by atoms with Gasteiger partial charge in [-0.25, -0.2) is 0 Å². The highest BCUT2D eigenvalue weighted by molar-refractivity contribution is 7.08. The van der Waals surface area contributed by atoms with E-state index in [9.17, 15) is 0 Å². The molecule has 0 fully saturated rings. The first-order valence-electron chi connectivity index (χ1n) is 4.11.